The van der Waals surface area contributed by atoms with Gasteiger partial charge in [-0.2, -0.15) is 0 Å². The van der Waals surface area contributed by atoms with Crippen molar-refractivity contribution in [2.24, 2.45) is 0 Å². The molecule has 118 valence electrons. The van der Waals surface area contributed by atoms with Crippen molar-refractivity contribution in [3.63, 3.8) is 0 Å². The molecule has 0 aliphatic rings. The van der Waals surface area contributed by atoms with E-state index in [0.717, 1.165) is 27.0 Å². The third kappa shape index (κ3) is 3.57. The lowest BCUT2D eigenvalue weighted by atomic mass is 10.0. The molecule has 0 amide bonds. The van der Waals surface area contributed by atoms with Crippen molar-refractivity contribution < 1.29 is 9.90 Å². The Kier molecular flexibility index (Phi) is 5.03. The van der Waals surface area contributed by atoms with E-state index in [2.05, 4.69) is 16.4 Å². The van der Waals surface area contributed by atoms with Gasteiger partial charge in [-0.1, -0.05) is 19.1 Å². The van der Waals surface area contributed by atoms with Crippen LogP contribution in [-0.2, 0) is 4.79 Å². The molecular weight excluding hydrogens is 298 g/mol. The van der Waals surface area contributed by atoms with Crippen LogP contribution in [0.1, 0.15) is 24.1 Å². The molecule has 0 bridgehead atoms. The molecule has 1 unspecified atom stereocenters. The van der Waals surface area contributed by atoms with Crippen molar-refractivity contribution in [3.05, 3.63) is 29.1 Å². The summed E-state index contributed by atoms with van der Waals surface area (Å²) >= 11 is 1.52. The first-order valence-corrected chi connectivity index (χ1v) is 7.92. The number of nitrogens with one attached hydrogen (secondary N) is 1. The van der Waals surface area contributed by atoms with E-state index in [4.69, 9.17) is 5.11 Å². The minimum Gasteiger partial charge on any atom is -0.481 e. The maximum absolute atomic E-state index is 11.0. The molecule has 1 aromatic heterocycles. The van der Waals surface area contributed by atoms with Crippen molar-refractivity contribution in [3.8, 4) is 11.3 Å². The van der Waals surface area contributed by atoms with Crippen molar-refractivity contribution in [1.82, 2.24) is 4.98 Å². The molecule has 1 heterocycles. The van der Waals surface area contributed by atoms with E-state index in [1.165, 1.54) is 11.3 Å². The molecule has 5 nitrogen and oxygen atoms in total. The van der Waals surface area contributed by atoms with Crippen LogP contribution in [0.2, 0.25) is 0 Å². The largest absolute Gasteiger partial charge is 0.481 e. The zero-order chi connectivity index (χ0) is 16.3. The molecule has 1 aromatic carbocycles. The number of anilines is 2. The fourth-order valence-corrected chi connectivity index (χ4v) is 3.26. The molecule has 0 fully saturated rings. The average Bonchev–Trinajstić information content (AvgIpc) is 2.91. The maximum Gasteiger partial charge on any atom is 0.303 e. The molecular formula is C16H21N3O2S. The van der Waals surface area contributed by atoms with Crippen molar-refractivity contribution in [2.45, 2.75) is 19.3 Å². The highest BCUT2D eigenvalue weighted by atomic mass is 32.1. The van der Waals surface area contributed by atoms with Crippen LogP contribution in [0.4, 0.5) is 10.8 Å². The Labute approximate surface area is 134 Å². The van der Waals surface area contributed by atoms with Crippen LogP contribution in [-0.4, -0.2) is 37.2 Å². The van der Waals surface area contributed by atoms with Crippen molar-refractivity contribution in [2.75, 3.05) is 31.4 Å². The molecule has 6 heteroatoms. The van der Waals surface area contributed by atoms with Gasteiger partial charge >= 0.3 is 5.97 Å². The predicted octanol–water partition coefficient (Wildman–Crippen LogP) is 3.50. The van der Waals surface area contributed by atoms with Crippen molar-refractivity contribution in [1.29, 1.82) is 0 Å². The summed E-state index contributed by atoms with van der Waals surface area (Å²) in [6.45, 7) is 1.93. The minimum atomic E-state index is -0.792. The Morgan fingerprint density at radius 1 is 1.45 bits per heavy atom. The number of rotatable bonds is 6. The number of carboxylic acid groups (broad SMARTS) is 1. The van der Waals surface area contributed by atoms with Crippen LogP contribution in [0.5, 0.6) is 0 Å². The van der Waals surface area contributed by atoms with E-state index >= 15 is 0 Å². The highest BCUT2D eigenvalue weighted by Gasteiger charge is 2.20. The van der Waals surface area contributed by atoms with Crippen LogP contribution < -0.4 is 10.2 Å². The zero-order valence-corrected chi connectivity index (χ0v) is 14.1. The third-order valence-electron chi connectivity index (χ3n) is 3.43. The second kappa shape index (κ2) is 6.79. The van der Waals surface area contributed by atoms with Gasteiger partial charge in [0.05, 0.1) is 12.1 Å². The van der Waals surface area contributed by atoms with E-state index in [1.807, 2.05) is 51.2 Å². The number of thiazole rings is 1. The molecule has 0 saturated carbocycles. The van der Waals surface area contributed by atoms with Gasteiger partial charge < -0.3 is 15.3 Å². The first kappa shape index (κ1) is 16.3. The van der Waals surface area contributed by atoms with Gasteiger partial charge in [0.15, 0.2) is 5.13 Å². The second-order valence-corrected chi connectivity index (χ2v) is 6.46. The standard InChI is InChI=1S/C16H21N3O2S/c1-10(8-13(20)21)15-14(18-16(17-2)22-15)11-6-5-7-12(9-11)19(3)4/h5-7,9-10H,8H2,1-4H3,(H,17,18)(H,20,21). The molecule has 2 rings (SSSR count). The smallest absolute Gasteiger partial charge is 0.303 e. The number of hydrogen-bond donors (Lipinski definition) is 2. The number of aromatic nitrogens is 1. The number of carbonyl (C=O) groups is 1. The third-order valence-corrected chi connectivity index (χ3v) is 4.74. The Morgan fingerprint density at radius 2 is 2.18 bits per heavy atom. The number of hydrogen-bond acceptors (Lipinski definition) is 5. The molecule has 0 aliphatic heterocycles. The number of nitrogens with zero attached hydrogens (tertiary/aromatic N) is 2. The minimum absolute atomic E-state index is 0.0740. The summed E-state index contributed by atoms with van der Waals surface area (Å²) < 4.78 is 0. The molecule has 0 aliphatic carbocycles. The van der Waals surface area contributed by atoms with Gasteiger partial charge in [-0.05, 0) is 12.1 Å². The lowest BCUT2D eigenvalue weighted by Crippen LogP contribution is -2.08. The van der Waals surface area contributed by atoms with Crippen LogP contribution in [0.15, 0.2) is 24.3 Å². The van der Waals surface area contributed by atoms with Gasteiger partial charge in [0.25, 0.3) is 0 Å². The van der Waals surface area contributed by atoms with Gasteiger partial charge in [-0.15, -0.1) is 11.3 Å². The Bertz CT molecular complexity index is 667. The molecule has 0 saturated heterocycles. The van der Waals surface area contributed by atoms with Crippen LogP contribution in [0.3, 0.4) is 0 Å². The van der Waals surface area contributed by atoms with Crippen molar-refractivity contribution >= 4 is 28.1 Å². The molecule has 1 atom stereocenters. The predicted molar refractivity (Wildman–Crippen MR) is 92.1 cm³/mol. The van der Waals surface area contributed by atoms with Crippen LogP contribution in [0.25, 0.3) is 11.3 Å². The highest BCUT2D eigenvalue weighted by Crippen LogP contribution is 2.38. The molecule has 22 heavy (non-hydrogen) atoms. The summed E-state index contributed by atoms with van der Waals surface area (Å²) in [6.07, 6.45) is 0.103. The number of benzene rings is 1. The summed E-state index contributed by atoms with van der Waals surface area (Å²) in [4.78, 5) is 18.7. The molecule has 0 radical (unpaired) electrons. The van der Waals surface area contributed by atoms with Gasteiger partial charge in [0, 0.05) is 43.2 Å². The first-order valence-electron chi connectivity index (χ1n) is 7.10. The highest BCUT2D eigenvalue weighted by molar-refractivity contribution is 7.16. The number of carboxylic acids is 1. The van der Waals surface area contributed by atoms with Gasteiger partial charge in [-0.25, -0.2) is 4.98 Å². The normalized spacial score (nSPS) is 12.0. The summed E-state index contributed by atoms with van der Waals surface area (Å²) in [7, 11) is 5.81. The van der Waals surface area contributed by atoms with E-state index in [1.54, 1.807) is 0 Å². The van der Waals surface area contributed by atoms with Gasteiger partial charge in [0.2, 0.25) is 0 Å². The SMILES string of the molecule is CNc1nc(-c2cccc(N(C)C)c2)c(C(C)CC(=O)O)s1. The summed E-state index contributed by atoms with van der Waals surface area (Å²) in [5.74, 6) is -0.866. The maximum atomic E-state index is 11.0. The average molecular weight is 319 g/mol. The van der Waals surface area contributed by atoms with Gasteiger partial charge in [-0.3, -0.25) is 4.79 Å². The molecule has 2 aromatic rings. The second-order valence-electron chi connectivity index (χ2n) is 5.43. The zero-order valence-electron chi connectivity index (χ0n) is 13.3. The monoisotopic (exact) mass is 319 g/mol. The molecule has 2 N–H and O–H groups in total. The quantitative estimate of drug-likeness (QED) is 0.853. The van der Waals surface area contributed by atoms with Crippen LogP contribution >= 0.6 is 11.3 Å². The summed E-state index contributed by atoms with van der Waals surface area (Å²) in [5.41, 5.74) is 2.97. The number of aliphatic carboxylic acids is 1. The summed E-state index contributed by atoms with van der Waals surface area (Å²) in [5, 5.41) is 12.9. The summed E-state index contributed by atoms with van der Waals surface area (Å²) in [6, 6.07) is 8.12. The van der Waals surface area contributed by atoms with E-state index in [0.29, 0.717) is 0 Å². The Morgan fingerprint density at radius 3 is 2.77 bits per heavy atom. The van der Waals surface area contributed by atoms with E-state index in [9.17, 15) is 4.79 Å². The lowest BCUT2D eigenvalue weighted by molar-refractivity contribution is -0.137. The van der Waals surface area contributed by atoms with E-state index in [-0.39, 0.29) is 12.3 Å². The fourth-order valence-electron chi connectivity index (χ4n) is 2.27. The Balaban J connectivity index is 2.47. The Hall–Kier alpha value is -2.08. The lowest BCUT2D eigenvalue weighted by Gasteiger charge is -2.14. The molecule has 0 spiro atoms. The fraction of sp³-hybridized carbons (Fsp3) is 0.375. The topological polar surface area (TPSA) is 65.5 Å². The van der Waals surface area contributed by atoms with E-state index < -0.39 is 5.97 Å². The first-order chi connectivity index (χ1) is 10.4. The van der Waals surface area contributed by atoms with Crippen LogP contribution in [0, 0.1) is 0 Å². The van der Waals surface area contributed by atoms with Gasteiger partial charge in [0.1, 0.15) is 0 Å².